The Morgan fingerprint density at radius 2 is 2.33 bits per heavy atom. The second kappa shape index (κ2) is 5.74. The van der Waals surface area contributed by atoms with Crippen molar-refractivity contribution in [2.45, 2.75) is 19.4 Å². The second-order valence-corrected chi connectivity index (χ2v) is 3.71. The Hall–Kier alpha value is -1.05. The molecule has 4 heteroatoms. The fourth-order valence-electron chi connectivity index (χ4n) is 1.74. The number of likely N-dealkylation sites (N-methyl/N-ethyl adjacent to an activating group) is 1. The van der Waals surface area contributed by atoms with Crippen molar-refractivity contribution in [1.82, 2.24) is 4.90 Å². The van der Waals surface area contributed by atoms with Crippen molar-refractivity contribution in [2.24, 2.45) is 5.92 Å². The summed E-state index contributed by atoms with van der Waals surface area (Å²) in [6, 6.07) is -0.0128. The van der Waals surface area contributed by atoms with Crippen LogP contribution in [0.1, 0.15) is 13.3 Å². The van der Waals surface area contributed by atoms with Crippen molar-refractivity contribution in [3.05, 3.63) is 0 Å². The largest absolute Gasteiger partial charge is 0.481 e. The van der Waals surface area contributed by atoms with Gasteiger partial charge in [-0.05, 0) is 14.0 Å². The maximum atomic E-state index is 10.9. The van der Waals surface area contributed by atoms with Gasteiger partial charge in [0.1, 0.15) is 0 Å². The first-order valence-electron chi connectivity index (χ1n) is 5.07. The molecule has 0 saturated carbocycles. The van der Waals surface area contributed by atoms with Gasteiger partial charge in [-0.3, -0.25) is 9.69 Å². The van der Waals surface area contributed by atoms with Crippen molar-refractivity contribution in [3.63, 3.8) is 0 Å². The lowest BCUT2D eigenvalue weighted by Crippen LogP contribution is -2.41. The fraction of sp³-hybridized carbons (Fsp3) is 0.727. The number of nitrogens with zero attached hydrogens (tertiary/aromatic N) is 1. The molecule has 15 heavy (non-hydrogen) atoms. The van der Waals surface area contributed by atoms with Crippen LogP contribution in [0.25, 0.3) is 0 Å². The number of hydrogen-bond donors (Lipinski definition) is 1. The van der Waals surface area contributed by atoms with Gasteiger partial charge in [-0.25, -0.2) is 0 Å². The molecule has 1 aliphatic rings. The van der Waals surface area contributed by atoms with Crippen molar-refractivity contribution >= 4 is 5.97 Å². The number of aliphatic carboxylic acids is 1. The van der Waals surface area contributed by atoms with Crippen LogP contribution in [-0.2, 0) is 9.53 Å². The van der Waals surface area contributed by atoms with Crippen LogP contribution in [0.2, 0.25) is 0 Å². The van der Waals surface area contributed by atoms with Crippen molar-refractivity contribution in [1.29, 1.82) is 0 Å². The van der Waals surface area contributed by atoms with Gasteiger partial charge in [0, 0.05) is 19.0 Å². The van der Waals surface area contributed by atoms with Gasteiger partial charge in [-0.1, -0.05) is 0 Å². The van der Waals surface area contributed by atoms with E-state index in [9.17, 15) is 4.79 Å². The van der Waals surface area contributed by atoms with E-state index >= 15 is 0 Å². The number of carboxylic acids is 1. The van der Waals surface area contributed by atoms with E-state index in [4.69, 9.17) is 9.84 Å². The summed E-state index contributed by atoms with van der Waals surface area (Å²) in [6.45, 7) is 3.42. The summed E-state index contributed by atoms with van der Waals surface area (Å²) in [5, 5.41) is 8.97. The number of ether oxygens (including phenoxy) is 1. The first-order valence-corrected chi connectivity index (χ1v) is 5.07. The van der Waals surface area contributed by atoms with E-state index in [2.05, 4.69) is 11.8 Å². The van der Waals surface area contributed by atoms with Gasteiger partial charge in [-0.15, -0.1) is 11.8 Å². The van der Waals surface area contributed by atoms with Crippen LogP contribution in [-0.4, -0.2) is 48.8 Å². The molecule has 2 unspecified atom stereocenters. The molecule has 0 spiro atoms. The molecule has 1 heterocycles. The lowest BCUT2D eigenvalue weighted by Gasteiger charge is -2.25. The quantitative estimate of drug-likeness (QED) is 0.685. The topological polar surface area (TPSA) is 49.8 Å². The molecule has 0 aliphatic carbocycles. The van der Waals surface area contributed by atoms with Gasteiger partial charge in [0.05, 0.1) is 19.1 Å². The van der Waals surface area contributed by atoms with Crippen molar-refractivity contribution in [2.75, 3.05) is 26.8 Å². The average Bonchev–Trinajstić information content (AvgIpc) is 2.66. The zero-order valence-electron chi connectivity index (χ0n) is 9.19. The average molecular weight is 211 g/mol. The molecule has 0 aromatic carbocycles. The first kappa shape index (κ1) is 12.0. The van der Waals surface area contributed by atoms with Crippen LogP contribution in [0, 0.1) is 17.8 Å². The van der Waals surface area contributed by atoms with E-state index in [-0.39, 0.29) is 6.04 Å². The minimum absolute atomic E-state index is 0.0128. The van der Waals surface area contributed by atoms with E-state index in [0.29, 0.717) is 13.2 Å². The van der Waals surface area contributed by atoms with Crippen LogP contribution in [0.4, 0.5) is 0 Å². The third kappa shape index (κ3) is 3.22. The summed E-state index contributed by atoms with van der Waals surface area (Å²) < 4.78 is 5.20. The van der Waals surface area contributed by atoms with Crippen LogP contribution in [0.3, 0.4) is 0 Å². The van der Waals surface area contributed by atoms with Gasteiger partial charge in [0.2, 0.25) is 0 Å². The minimum Gasteiger partial charge on any atom is -0.481 e. The Kier molecular flexibility index (Phi) is 4.60. The van der Waals surface area contributed by atoms with Crippen molar-refractivity contribution in [3.8, 4) is 11.8 Å². The smallest absolute Gasteiger partial charge is 0.310 e. The van der Waals surface area contributed by atoms with Gasteiger partial charge in [0.25, 0.3) is 0 Å². The standard InChI is InChI=1S/C11H17NO3/c1-3-4-5-6-12(2)10-8-15-7-9(10)11(13)14/h9-10H,5-8H2,1-2H3,(H,13,14). The van der Waals surface area contributed by atoms with Crippen LogP contribution >= 0.6 is 0 Å². The third-order valence-electron chi connectivity index (χ3n) is 2.70. The molecule has 2 atom stereocenters. The molecular formula is C11H17NO3. The highest BCUT2D eigenvalue weighted by Gasteiger charge is 2.36. The first-order chi connectivity index (χ1) is 7.16. The summed E-state index contributed by atoms with van der Waals surface area (Å²) in [7, 11) is 1.92. The Labute approximate surface area is 90.2 Å². The molecule has 1 fully saturated rings. The fourth-order valence-corrected chi connectivity index (χ4v) is 1.74. The van der Waals surface area contributed by atoms with E-state index in [1.54, 1.807) is 6.92 Å². The predicted molar refractivity (Wildman–Crippen MR) is 56.4 cm³/mol. The van der Waals surface area contributed by atoms with E-state index in [1.807, 2.05) is 11.9 Å². The molecular weight excluding hydrogens is 194 g/mol. The SMILES string of the molecule is CC#CCCN(C)C1COCC1C(=O)O. The third-order valence-corrected chi connectivity index (χ3v) is 2.70. The number of rotatable bonds is 4. The van der Waals surface area contributed by atoms with Crippen LogP contribution in [0.5, 0.6) is 0 Å². The van der Waals surface area contributed by atoms with Gasteiger partial charge in [-0.2, -0.15) is 0 Å². The Morgan fingerprint density at radius 1 is 1.60 bits per heavy atom. The monoisotopic (exact) mass is 211 g/mol. The summed E-state index contributed by atoms with van der Waals surface area (Å²) in [4.78, 5) is 12.9. The summed E-state index contributed by atoms with van der Waals surface area (Å²) >= 11 is 0. The normalized spacial score (nSPS) is 25.0. The molecule has 1 aliphatic heterocycles. The number of carbonyl (C=O) groups is 1. The minimum atomic E-state index is -0.772. The molecule has 0 radical (unpaired) electrons. The van der Waals surface area contributed by atoms with Gasteiger partial charge in [0.15, 0.2) is 0 Å². The van der Waals surface area contributed by atoms with Crippen LogP contribution in [0.15, 0.2) is 0 Å². The van der Waals surface area contributed by atoms with Gasteiger partial charge >= 0.3 is 5.97 Å². The summed E-state index contributed by atoms with van der Waals surface area (Å²) in [5.74, 6) is 4.62. The highest BCUT2D eigenvalue weighted by atomic mass is 16.5. The Bertz CT molecular complexity index is 279. The molecule has 0 bridgehead atoms. The Morgan fingerprint density at radius 3 is 2.93 bits per heavy atom. The zero-order chi connectivity index (χ0) is 11.3. The lowest BCUT2D eigenvalue weighted by molar-refractivity contribution is -0.143. The molecule has 0 aromatic heterocycles. The molecule has 0 amide bonds. The van der Waals surface area contributed by atoms with E-state index < -0.39 is 11.9 Å². The summed E-state index contributed by atoms with van der Waals surface area (Å²) in [5.41, 5.74) is 0. The lowest BCUT2D eigenvalue weighted by atomic mass is 10.0. The molecule has 4 nitrogen and oxygen atoms in total. The maximum absolute atomic E-state index is 10.9. The molecule has 84 valence electrons. The molecule has 1 rings (SSSR count). The zero-order valence-corrected chi connectivity index (χ0v) is 9.19. The highest BCUT2D eigenvalue weighted by molar-refractivity contribution is 5.71. The van der Waals surface area contributed by atoms with Crippen molar-refractivity contribution < 1.29 is 14.6 Å². The number of carboxylic acid groups (broad SMARTS) is 1. The second-order valence-electron chi connectivity index (χ2n) is 3.71. The number of hydrogen-bond acceptors (Lipinski definition) is 3. The van der Waals surface area contributed by atoms with E-state index in [1.165, 1.54) is 0 Å². The Balaban J connectivity index is 2.45. The van der Waals surface area contributed by atoms with E-state index in [0.717, 1.165) is 13.0 Å². The molecule has 1 N–H and O–H groups in total. The predicted octanol–water partition coefficient (Wildman–Crippen LogP) is 0.431. The highest BCUT2D eigenvalue weighted by Crippen LogP contribution is 2.18. The summed E-state index contributed by atoms with van der Waals surface area (Å²) in [6.07, 6.45) is 0.774. The molecule has 0 aromatic rings. The molecule has 1 saturated heterocycles. The maximum Gasteiger partial charge on any atom is 0.310 e. The van der Waals surface area contributed by atoms with Gasteiger partial charge < -0.3 is 9.84 Å². The van der Waals surface area contributed by atoms with Crippen LogP contribution < -0.4 is 0 Å².